The second-order valence-corrected chi connectivity index (χ2v) is 10.2. The van der Waals surface area contributed by atoms with Crippen molar-refractivity contribution in [1.82, 2.24) is 5.32 Å². The van der Waals surface area contributed by atoms with Crippen LogP contribution in [0.4, 0.5) is 11.4 Å². The number of carbonyl (C=O) groups excluding carboxylic acids is 1. The van der Waals surface area contributed by atoms with E-state index in [0.29, 0.717) is 28.3 Å². The Morgan fingerprint density at radius 2 is 1.09 bits per heavy atom. The van der Waals surface area contributed by atoms with Crippen LogP contribution in [0.1, 0.15) is 27.0 Å². The number of amidine groups is 2. The number of benzene rings is 3. The van der Waals surface area contributed by atoms with Gasteiger partial charge in [0.1, 0.15) is 5.84 Å². The molecule has 1 amide bonds. The monoisotopic (exact) mass is 622 g/mol. The van der Waals surface area contributed by atoms with Crippen LogP contribution in [0.2, 0.25) is 40.2 Å². The summed E-state index contributed by atoms with van der Waals surface area (Å²) in [7, 11) is 0. The van der Waals surface area contributed by atoms with Gasteiger partial charge in [0.15, 0.2) is 5.84 Å². The van der Waals surface area contributed by atoms with E-state index in [9.17, 15) is 4.79 Å². The summed E-state index contributed by atoms with van der Waals surface area (Å²) in [6.07, 6.45) is 1.53. The Bertz CT molecular complexity index is 1560. The van der Waals surface area contributed by atoms with Crippen molar-refractivity contribution < 1.29 is 4.79 Å². The van der Waals surface area contributed by atoms with Crippen LogP contribution in [0.5, 0.6) is 0 Å². The number of nitrogens with zero attached hydrogens (tertiary/aromatic N) is 3. The molecule has 0 aromatic heterocycles. The van der Waals surface area contributed by atoms with Crippen LogP contribution >= 0.6 is 92.8 Å². The van der Waals surface area contributed by atoms with Gasteiger partial charge in [-0.3, -0.25) is 4.79 Å². The molecule has 0 bridgehead atoms. The van der Waals surface area contributed by atoms with Crippen LogP contribution in [-0.2, 0) is 0 Å². The minimum Gasteiger partial charge on any atom is -0.306 e. The molecule has 0 saturated heterocycles. The zero-order chi connectivity index (χ0) is 25.2. The Balaban J connectivity index is 1.50. The van der Waals surface area contributed by atoms with E-state index >= 15 is 0 Å². The molecule has 0 aliphatic carbocycles. The van der Waals surface area contributed by atoms with E-state index in [1.807, 2.05) is 0 Å². The van der Waals surface area contributed by atoms with Gasteiger partial charge in [-0.2, -0.15) is 0 Å². The lowest BCUT2D eigenvalue weighted by molar-refractivity contribution is 0.0983. The third-order valence-corrected chi connectivity index (χ3v) is 8.75. The fraction of sp³-hybridized carbons (Fsp3) is 0. The number of hydrogen-bond donors (Lipinski definition) is 1. The first-order valence-corrected chi connectivity index (χ1v) is 12.5. The molecule has 2 aliphatic heterocycles. The Morgan fingerprint density at radius 3 is 1.69 bits per heavy atom. The number of aliphatic imine (C=N–C) groups is 3. The number of halogens is 8. The normalized spacial score (nSPS) is 16.3. The molecule has 0 unspecified atom stereocenters. The van der Waals surface area contributed by atoms with E-state index in [0.717, 1.165) is 0 Å². The second-order valence-electron chi connectivity index (χ2n) is 7.18. The predicted molar refractivity (Wildman–Crippen MR) is 147 cm³/mol. The molecule has 0 spiro atoms. The number of fused-ring (bicyclic) bond motifs is 2. The molecule has 1 N–H and O–H groups in total. The van der Waals surface area contributed by atoms with Crippen LogP contribution in [0.3, 0.4) is 0 Å². The highest BCUT2D eigenvalue weighted by atomic mass is 35.5. The molecule has 3 aromatic rings. The van der Waals surface area contributed by atoms with E-state index in [1.54, 1.807) is 24.3 Å². The first kappa shape index (κ1) is 25.1. The van der Waals surface area contributed by atoms with Crippen molar-refractivity contribution in [2.45, 2.75) is 0 Å². The van der Waals surface area contributed by atoms with Crippen LogP contribution in [0.15, 0.2) is 39.2 Å². The van der Waals surface area contributed by atoms with E-state index in [4.69, 9.17) is 92.8 Å². The number of hydrogen-bond acceptors (Lipinski definition) is 3. The van der Waals surface area contributed by atoms with Crippen molar-refractivity contribution in [3.8, 4) is 0 Å². The fourth-order valence-corrected chi connectivity index (χ4v) is 5.53. The average Bonchev–Trinajstić information content (AvgIpc) is 3.40. The zero-order valence-electron chi connectivity index (χ0n) is 16.7. The molecule has 13 heteroatoms. The van der Waals surface area contributed by atoms with Crippen molar-refractivity contribution in [2.75, 3.05) is 0 Å². The number of carbonyl (C=O) groups is 1. The van der Waals surface area contributed by atoms with Gasteiger partial charge in [0, 0.05) is 17.3 Å². The topological polar surface area (TPSA) is 66.2 Å². The summed E-state index contributed by atoms with van der Waals surface area (Å²) in [4.78, 5) is 25.7. The SMILES string of the molecule is O=C1NC(=Nc2ccc(N=C3N=Cc4c(Cl)c(Cl)c(Cl)c(Cl)c43)cc2)c2c(Cl)c(Cl)c(Cl)c(Cl)c21. The van der Waals surface area contributed by atoms with Gasteiger partial charge in [-0.1, -0.05) is 92.8 Å². The maximum atomic E-state index is 12.4. The largest absolute Gasteiger partial charge is 0.306 e. The van der Waals surface area contributed by atoms with Gasteiger partial charge in [-0.15, -0.1) is 0 Å². The average molecular weight is 626 g/mol. The summed E-state index contributed by atoms with van der Waals surface area (Å²) in [5, 5.41) is 3.47. The first-order chi connectivity index (χ1) is 16.6. The van der Waals surface area contributed by atoms with E-state index < -0.39 is 5.91 Å². The minimum atomic E-state index is -0.487. The standard InChI is InChI=1S/C22H6Cl8N4O/c23-12-8-5-31-20(9(8)13(24)17(28)16(12)27)32-6-1-3-7(4-2-6)33-21-10-11(22(35)34-21)15(26)19(30)18(29)14(10)25/h1-5H,(H,33,34,35). The van der Waals surface area contributed by atoms with Crippen molar-refractivity contribution in [2.24, 2.45) is 15.0 Å². The zero-order valence-corrected chi connectivity index (χ0v) is 22.7. The van der Waals surface area contributed by atoms with Gasteiger partial charge in [0.2, 0.25) is 0 Å². The molecule has 3 aromatic carbocycles. The van der Waals surface area contributed by atoms with Crippen molar-refractivity contribution in [3.05, 3.63) is 86.7 Å². The maximum absolute atomic E-state index is 12.4. The molecule has 2 aliphatic rings. The van der Waals surface area contributed by atoms with Gasteiger partial charge in [0.25, 0.3) is 5.91 Å². The molecule has 5 rings (SSSR count). The number of rotatable bonds is 2. The highest BCUT2D eigenvalue weighted by Crippen LogP contribution is 2.44. The third-order valence-electron chi connectivity index (χ3n) is 5.13. The summed E-state index contributed by atoms with van der Waals surface area (Å²) < 4.78 is 0. The summed E-state index contributed by atoms with van der Waals surface area (Å²) in [6.45, 7) is 0. The van der Waals surface area contributed by atoms with Gasteiger partial charge in [-0.25, -0.2) is 15.0 Å². The van der Waals surface area contributed by atoms with Crippen LogP contribution in [0.25, 0.3) is 0 Å². The molecular weight excluding hydrogens is 620 g/mol. The van der Waals surface area contributed by atoms with E-state index in [1.165, 1.54) is 6.21 Å². The molecule has 5 nitrogen and oxygen atoms in total. The third kappa shape index (κ3) is 4.12. The lowest BCUT2D eigenvalue weighted by atomic mass is 10.1. The molecule has 0 atom stereocenters. The highest BCUT2D eigenvalue weighted by Gasteiger charge is 2.34. The molecular formula is C22H6Cl8N4O. The molecule has 0 saturated carbocycles. The molecule has 2 heterocycles. The number of amides is 1. The lowest BCUT2D eigenvalue weighted by Crippen LogP contribution is -2.21. The molecule has 176 valence electrons. The quantitative estimate of drug-likeness (QED) is 0.224. The highest BCUT2D eigenvalue weighted by molar-refractivity contribution is 6.56. The summed E-state index contributed by atoms with van der Waals surface area (Å²) in [5.41, 5.74) is 2.47. The van der Waals surface area contributed by atoms with Crippen LogP contribution in [-0.4, -0.2) is 23.8 Å². The predicted octanol–water partition coefficient (Wildman–Crippen LogP) is 9.25. The molecule has 0 radical (unpaired) electrons. The van der Waals surface area contributed by atoms with Crippen LogP contribution < -0.4 is 5.32 Å². The van der Waals surface area contributed by atoms with E-state index in [2.05, 4.69) is 20.3 Å². The van der Waals surface area contributed by atoms with Crippen molar-refractivity contribution in [3.63, 3.8) is 0 Å². The summed E-state index contributed by atoms with van der Waals surface area (Å²) >= 11 is 49.7. The Labute approximate surface area is 238 Å². The lowest BCUT2D eigenvalue weighted by Gasteiger charge is -2.09. The maximum Gasteiger partial charge on any atom is 0.259 e. The Kier molecular flexibility index (Phi) is 6.75. The summed E-state index contributed by atoms with van der Waals surface area (Å²) in [6, 6.07) is 6.78. The number of nitrogens with one attached hydrogen (secondary N) is 1. The molecule has 0 fully saturated rings. The van der Waals surface area contributed by atoms with E-state index in [-0.39, 0.29) is 57.1 Å². The van der Waals surface area contributed by atoms with Gasteiger partial charge in [0.05, 0.1) is 62.7 Å². The Morgan fingerprint density at radius 1 is 0.600 bits per heavy atom. The Hall–Kier alpha value is -1.54. The first-order valence-electron chi connectivity index (χ1n) is 9.45. The second kappa shape index (κ2) is 9.40. The van der Waals surface area contributed by atoms with Crippen molar-refractivity contribution in [1.29, 1.82) is 0 Å². The van der Waals surface area contributed by atoms with Crippen molar-refractivity contribution >= 4 is 128 Å². The minimum absolute atomic E-state index is 0.00181. The smallest absolute Gasteiger partial charge is 0.259 e. The fourth-order valence-electron chi connectivity index (χ4n) is 3.50. The molecule has 35 heavy (non-hydrogen) atoms. The summed E-state index contributed by atoms with van der Waals surface area (Å²) in [5.74, 6) is 0.0329. The van der Waals surface area contributed by atoms with Gasteiger partial charge >= 0.3 is 0 Å². The van der Waals surface area contributed by atoms with Gasteiger partial charge in [-0.05, 0) is 24.3 Å². The van der Waals surface area contributed by atoms with Crippen LogP contribution in [0, 0.1) is 0 Å². The van der Waals surface area contributed by atoms with Gasteiger partial charge < -0.3 is 5.32 Å².